The van der Waals surface area contributed by atoms with Gasteiger partial charge >= 0.3 is 0 Å². The molecule has 0 aromatic heterocycles. The summed E-state index contributed by atoms with van der Waals surface area (Å²) in [6.45, 7) is 1.80. The largest absolute Gasteiger partial charge is 0.387 e. The Morgan fingerprint density at radius 1 is 1.30 bits per heavy atom. The summed E-state index contributed by atoms with van der Waals surface area (Å²) in [4.78, 5) is 14.5. The summed E-state index contributed by atoms with van der Waals surface area (Å²) in [5.74, 6) is 0.143. The van der Waals surface area contributed by atoms with Crippen LogP contribution in [0.5, 0.6) is 0 Å². The van der Waals surface area contributed by atoms with E-state index >= 15 is 0 Å². The topological polar surface area (TPSA) is 52.6 Å². The Bertz CT molecular complexity index is 490. The maximum Gasteiger partial charge on any atom is 0.233 e. The normalized spacial score (nSPS) is 27.3. The maximum absolute atomic E-state index is 12.8. The van der Waals surface area contributed by atoms with E-state index in [1.54, 1.807) is 4.90 Å². The standard InChI is InChI=1S/C16H22N2O2/c1-18(12-15(20)9-10-17-11-15)14(19)16(7-8-16)13-5-3-2-4-6-13/h2-6,17,20H,7-12H2,1H3. The first-order valence-electron chi connectivity index (χ1n) is 7.30. The van der Waals surface area contributed by atoms with Crippen molar-refractivity contribution in [2.24, 2.45) is 0 Å². The first-order chi connectivity index (χ1) is 9.56. The highest BCUT2D eigenvalue weighted by Crippen LogP contribution is 2.49. The van der Waals surface area contributed by atoms with Crippen LogP contribution in [0.3, 0.4) is 0 Å². The molecule has 1 aromatic carbocycles. The number of carbonyl (C=O) groups excluding carboxylic acids is 1. The van der Waals surface area contributed by atoms with E-state index in [1.807, 2.05) is 37.4 Å². The first kappa shape index (κ1) is 13.6. The molecule has 2 fully saturated rings. The lowest BCUT2D eigenvalue weighted by atomic mass is 9.93. The molecule has 1 atom stereocenters. The van der Waals surface area contributed by atoms with Crippen LogP contribution < -0.4 is 5.32 Å². The summed E-state index contributed by atoms with van der Waals surface area (Å²) in [7, 11) is 1.81. The maximum atomic E-state index is 12.8. The summed E-state index contributed by atoms with van der Waals surface area (Å²) < 4.78 is 0. The molecule has 3 rings (SSSR count). The lowest BCUT2D eigenvalue weighted by Gasteiger charge is -2.31. The third-order valence-electron chi connectivity index (χ3n) is 4.59. The van der Waals surface area contributed by atoms with Crippen LogP contribution in [0.25, 0.3) is 0 Å². The van der Waals surface area contributed by atoms with Gasteiger partial charge in [-0.2, -0.15) is 0 Å². The van der Waals surface area contributed by atoms with E-state index in [-0.39, 0.29) is 11.3 Å². The second-order valence-electron chi connectivity index (χ2n) is 6.26. The molecule has 4 nitrogen and oxygen atoms in total. The highest BCUT2D eigenvalue weighted by Gasteiger charge is 2.53. The predicted molar refractivity (Wildman–Crippen MR) is 77.4 cm³/mol. The second-order valence-corrected chi connectivity index (χ2v) is 6.26. The third kappa shape index (κ3) is 2.34. The molecule has 4 heteroatoms. The predicted octanol–water partition coefficient (Wildman–Crippen LogP) is 0.901. The molecule has 1 aliphatic heterocycles. The van der Waals surface area contributed by atoms with Gasteiger partial charge in [0.25, 0.3) is 0 Å². The van der Waals surface area contributed by atoms with Crippen LogP contribution >= 0.6 is 0 Å². The van der Waals surface area contributed by atoms with Gasteiger partial charge in [-0.1, -0.05) is 30.3 Å². The minimum atomic E-state index is -0.767. The molecule has 1 saturated carbocycles. The Kier molecular flexibility index (Phi) is 3.30. The fraction of sp³-hybridized carbons (Fsp3) is 0.562. The summed E-state index contributed by atoms with van der Waals surface area (Å²) in [6.07, 6.45) is 2.54. The van der Waals surface area contributed by atoms with Gasteiger partial charge < -0.3 is 15.3 Å². The van der Waals surface area contributed by atoms with Crippen molar-refractivity contribution in [1.82, 2.24) is 10.2 Å². The van der Waals surface area contributed by atoms with Crippen molar-refractivity contribution >= 4 is 5.91 Å². The lowest BCUT2D eigenvalue weighted by Crippen LogP contribution is -2.48. The van der Waals surface area contributed by atoms with E-state index < -0.39 is 5.60 Å². The molecular formula is C16H22N2O2. The van der Waals surface area contributed by atoms with Crippen LogP contribution in [-0.2, 0) is 10.2 Å². The second kappa shape index (κ2) is 4.86. The summed E-state index contributed by atoms with van der Waals surface area (Å²) in [5, 5.41) is 13.6. The van der Waals surface area contributed by atoms with Gasteiger partial charge in [0.1, 0.15) is 0 Å². The number of β-amino-alcohol motifs (C(OH)–C–C–N with tert-alkyl or cyclic N) is 1. The quantitative estimate of drug-likeness (QED) is 0.858. The molecule has 2 aliphatic rings. The number of amides is 1. The summed E-state index contributed by atoms with van der Waals surface area (Å²) in [5.41, 5.74) is 0.00338. The van der Waals surface area contributed by atoms with Crippen molar-refractivity contribution in [3.05, 3.63) is 35.9 Å². The van der Waals surface area contributed by atoms with Crippen molar-refractivity contribution in [3.8, 4) is 0 Å². The number of likely N-dealkylation sites (N-methyl/N-ethyl adjacent to an activating group) is 1. The molecule has 1 aromatic rings. The summed E-state index contributed by atoms with van der Waals surface area (Å²) in [6, 6.07) is 10.0. The Labute approximate surface area is 119 Å². The molecule has 1 amide bonds. The van der Waals surface area contributed by atoms with Crippen LogP contribution in [0.2, 0.25) is 0 Å². The van der Waals surface area contributed by atoms with Gasteiger partial charge in [0.05, 0.1) is 17.6 Å². The Morgan fingerprint density at radius 3 is 2.55 bits per heavy atom. The van der Waals surface area contributed by atoms with E-state index in [0.29, 0.717) is 19.5 Å². The van der Waals surface area contributed by atoms with E-state index in [9.17, 15) is 9.90 Å². The van der Waals surface area contributed by atoms with Crippen LogP contribution in [0.4, 0.5) is 0 Å². The number of hydrogen-bond donors (Lipinski definition) is 2. The average Bonchev–Trinajstić information content (AvgIpc) is 3.16. The monoisotopic (exact) mass is 274 g/mol. The van der Waals surface area contributed by atoms with Gasteiger partial charge in [-0.05, 0) is 31.4 Å². The molecule has 108 valence electrons. The number of carbonyl (C=O) groups is 1. The molecule has 1 heterocycles. The Balaban J connectivity index is 1.72. The van der Waals surface area contributed by atoms with Crippen LogP contribution in [0.1, 0.15) is 24.8 Å². The molecule has 1 unspecified atom stereocenters. The number of aliphatic hydroxyl groups is 1. The zero-order valence-electron chi connectivity index (χ0n) is 11.9. The molecular weight excluding hydrogens is 252 g/mol. The molecule has 0 radical (unpaired) electrons. The van der Waals surface area contributed by atoms with Crippen molar-refractivity contribution in [2.45, 2.75) is 30.3 Å². The number of benzene rings is 1. The van der Waals surface area contributed by atoms with Gasteiger partial charge in [-0.3, -0.25) is 4.79 Å². The molecule has 1 aliphatic carbocycles. The van der Waals surface area contributed by atoms with E-state index in [2.05, 4.69) is 5.32 Å². The van der Waals surface area contributed by atoms with Crippen molar-refractivity contribution < 1.29 is 9.90 Å². The SMILES string of the molecule is CN(CC1(O)CCNC1)C(=O)C1(c2ccccc2)CC1. The number of rotatable bonds is 4. The summed E-state index contributed by atoms with van der Waals surface area (Å²) >= 11 is 0. The van der Waals surface area contributed by atoms with Crippen LogP contribution in [0, 0.1) is 0 Å². The average molecular weight is 274 g/mol. The molecule has 20 heavy (non-hydrogen) atoms. The van der Waals surface area contributed by atoms with Gasteiger partial charge in [-0.25, -0.2) is 0 Å². The highest BCUT2D eigenvalue weighted by atomic mass is 16.3. The first-order valence-corrected chi connectivity index (χ1v) is 7.30. The molecule has 1 saturated heterocycles. The van der Waals surface area contributed by atoms with Gasteiger partial charge in [-0.15, -0.1) is 0 Å². The number of nitrogens with zero attached hydrogens (tertiary/aromatic N) is 1. The van der Waals surface area contributed by atoms with Gasteiger partial charge in [0, 0.05) is 13.6 Å². The Morgan fingerprint density at radius 2 is 2.00 bits per heavy atom. The van der Waals surface area contributed by atoms with Crippen molar-refractivity contribution in [2.75, 3.05) is 26.7 Å². The fourth-order valence-corrected chi connectivity index (χ4v) is 3.25. The Hall–Kier alpha value is -1.39. The zero-order chi connectivity index (χ0) is 14.2. The van der Waals surface area contributed by atoms with Gasteiger partial charge in [0.15, 0.2) is 0 Å². The zero-order valence-corrected chi connectivity index (χ0v) is 11.9. The van der Waals surface area contributed by atoms with Crippen molar-refractivity contribution in [1.29, 1.82) is 0 Å². The lowest BCUT2D eigenvalue weighted by molar-refractivity contribution is -0.135. The molecule has 0 spiro atoms. The highest BCUT2D eigenvalue weighted by molar-refractivity contribution is 5.91. The van der Waals surface area contributed by atoms with E-state index in [4.69, 9.17) is 0 Å². The number of hydrogen-bond acceptors (Lipinski definition) is 3. The molecule has 0 bridgehead atoms. The van der Waals surface area contributed by atoms with Crippen LogP contribution in [-0.4, -0.2) is 48.2 Å². The van der Waals surface area contributed by atoms with E-state index in [1.165, 1.54) is 0 Å². The fourth-order valence-electron chi connectivity index (χ4n) is 3.25. The van der Waals surface area contributed by atoms with Crippen LogP contribution in [0.15, 0.2) is 30.3 Å². The van der Waals surface area contributed by atoms with E-state index in [0.717, 1.165) is 24.9 Å². The smallest absolute Gasteiger partial charge is 0.233 e. The minimum Gasteiger partial charge on any atom is -0.387 e. The van der Waals surface area contributed by atoms with Gasteiger partial charge in [0.2, 0.25) is 5.91 Å². The number of nitrogens with one attached hydrogen (secondary N) is 1. The minimum absolute atomic E-state index is 0.143. The van der Waals surface area contributed by atoms with Crippen molar-refractivity contribution in [3.63, 3.8) is 0 Å². The third-order valence-corrected chi connectivity index (χ3v) is 4.59. The molecule has 2 N–H and O–H groups in total.